The largest absolute Gasteiger partial charge is 0.355 e. The number of aliphatic imine (C=N–C) groups is 1. The van der Waals surface area contributed by atoms with Gasteiger partial charge in [-0.05, 0) is 11.1 Å². The third-order valence-corrected chi connectivity index (χ3v) is 4.34. The van der Waals surface area contributed by atoms with Crippen LogP contribution in [-0.2, 0) is 4.79 Å². The summed E-state index contributed by atoms with van der Waals surface area (Å²) in [6, 6.07) is 20.9. The molecule has 5 heteroatoms. The Kier molecular flexibility index (Phi) is 8.36. The van der Waals surface area contributed by atoms with E-state index in [2.05, 4.69) is 69.5 Å². The molecule has 0 bridgehead atoms. The second kappa shape index (κ2) is 11.0. The van der Waals surface area contributed by atoms with E-state index in [0.717, 1.165) is 12.5 Å². The lowest BCUT2D eigenvalue weighted by molar-refractivity contribution is -0.123. The zero-order valence-electron chi connectivity index (χ0n) is 16.4. The average Bonchev–Trinajstić information content (AvgIpc) is 2.71. The van der Waals surface area contributed by atoms with Gasteiger partial charge in [-0.15, -0.1) is 0 Å². The molecule has 0 radical (unpaired) electrons. The quantitative estimate of drug-likeness (QED) is 0.382. The predicted molar refractivity (Wildman–Crippen MR) is 112 cm³/mol. The van der Waals surface area contributed by atoms with E-state index >= 15 is 0 Å². The average molecular weight is 367 g/mol. The SMILES string of the molecule is CN=C(NCCNC(=O)C(C)C)NCC(c1ccccc1)c1ccccc1. The number of benzene rings is 2. The van der Waals surface area contributed by atoms with Gasteiger partial charge >= 0.3 is 0 Å². The van der Waals surface area contributed by atoms with Crippen molar-refractivity contribution < 1.29 is 4.79 Å². The molecule has 144 valence electrons. The molecule has 1 amide bonds. The van der Waals surface area contributed by atoms with Crippen LogP contribution >= 0.6 is 0 Å². The van der Waals surface area contributed by atoms with Crippen LogP contribution in [0.25, 0.3) is 0 Å². The van der Waals surface area contributed by atoms with Gasteiger partial charge < -0.3 is 16.0 Å². The van der Waals surface area contributed by atoms with Crippen LogP contribution in [0, 0.1) is 5.92 Å². The molecule has 0 spiro atoms. The summed E-state index contributed by atoms with van der Waals surface area (Å²) in [6.45, 7) is 5.69. The monoisotopic (exact) mass is 366 g/mol. The van der Waals surface area contributed by atoms with E-state index in [9.17, 15) is 4.79 Å². The molecular formula is C22H30N4O. The maximum absolute atomic E-state index is 11.6. The van der Waals surface area contributed by atoms with Crippen molar-refractivity contribution >= 4 is 11.9 Å². The Morgan fingerprint density at radius 1 is 0.852 bits per heavy atom. The number of rotatable bonds is 8. The zero-order valence-corrected chi connectivity index (χ0v) is 16.4. The van der Waals surface area contributed by atoms with Crippen LogP contribution in [0.3, 0.4) is 0 Å². The Morgan fingerprint density at radius 2 is 1.37 bits per heavy atom. The molecular weight excluding hydrogens is 336 g/mol. The summed E-state index contributed by atoms with van der Waals surface area (Å²) < 4.78 is 0. The number of guanidine groups is 1. The number of amides is 1. The molecule has 0 atom stereocenters. The lowest BCUT2D eigenvalue weighted by atomic mass is 9.91. The van der Waals surface area contributed by atoms with E-state index < -0.39 is 0 Å². The van der Waals surface area contributed by atoms with Crippen molar-refractivity contribution in [1.29, 1.82) is 0 Å². The van der Waals surface area contributed by atoms with Crippen molar-refractivity contribution in [3.8, 4) is 0 Å². The van der Waals surface area contributed by atoms with E-state index in [1.54, 1.807) is 7.05 Å². The van der Waals surface area contributed by atoms with Crippen molar-refractivity contribution in [2.24, 2.45) is 10.9 Å². The maximum Gasteiger partial charge on any atom is 0.222 e. The van der Waals surface area contributed by atoms with Gasteiger partial charge in [0.05, 0.1) is 0 Å². The van der Waals surface area contributed by atoms with E-state index in [1.807, 2.05) is 26.0 Å². The fourth-order valence-electron chi connectivity index (χ4n) is 2.79. The fraction of sp³-hybridized carbons (Fsp3) is 0.364. The molecule has 0 fully saturated rings. The minimum absolute atomic E-state index is 0.0000549. The zero-order chi connectivity index (χ0) is 19.5. The van der Waals surface area contributed by atoms with Gasteiger partial charge in [0.15, 0.2) is 5.96 Å². The number of hydrogen-bond donors (Lipinski definition) is 3. The first kappa shape index (κ1) is 20.5. The standard InChI is InChI=1S/C22H30N4O/c1-17(2)21(27)24-14-15-25-22(23-3)26-16-20(18-10-6-4-7-11-18)19-12-8-5-9-13-19/h4-13,17,20H,14-16H2,1-3H3,(H,24,27)(H2,23,25,26). The van der Waals surface area contributed by atoms with Crippen LogP contribution in [0.4, 0.5) is 0 Å². The molecule has 0 saturated heterocycles. The molecule has 0 unspecified atom stereocenters. The summed E-state index contributed by atoms with van der Waals surface area (Å²) in [7, 11) is 1.75. The lowest BCUT2D eigenvalue weighted by Crippen LogP contribution is -2.43. The highest BCUT2D eigenvalue weighted by molar-refractivity contribution is 5.80. The molecule has 0 aromatic heterocycles. The van der Waals surface area contributed by atoms with Gasteiger partial charge in [-0.1, -0.05) is 74.5 Å². The summed E-state index contributed by atoms with van der Waals surface area (Å²) >= 11 is 0. The van der Waals surface area contributed by atoms with Crippen LogP contribution in [0.15, 0.2) is 65.7 Å². The minimum atomic E-state index is -0.0000549. The third-order valence-electron chi connectivity index (χ3n) is 4.34. The molecule has 27 heavy (non-hydrogen) atoms. The van der Waals surface area contributed by atoms with Crippen LogP contribution in [0.1, 0.15) is 30.9 Å². The van der Waals surface area contributed by atoms with Gasteiger partial charge in [-0.2, -0.15) is 0 Å². The summed E-state index contributed by atoms with van der Waals surface area (Å²) in [5.74, 6) is 1.02. The lowest BCUT2D eigenvalue weighted by Gasteiger charge is -2.20. The Balaban J connectivity index is 1.92. The molecule has 0 heterocycles. The van der Waals surface area contributed by atoms with E-state index in [-0.39, 0.29) is 17.7 Å². The first-order valence-corrected chi connectivity index (χ1v) is 9.44. The Morgan fingerprint density at radius 3 is 1.85 bits per heavy atom. The predicted octanol–water partition coefficient (Wildman–Crippen LogP) is 2.76. The van der Waals surface area contributed by atoms with Gasteiger partial charge in [-0.3, -0.25) is 9.79 Å². The van der Waals surface area contributed by atoms with Gasteiger partial charge in [0.2, 0.25) is 5.91 Å². The summed E-state index contributed by atoms with van der Waals surface area (Å²) in [5.41, 5.74) is 2.52. The van der Waals surface area contributed by atoms with Gasteiger partial charge in [0.25, 0.3) is 0 Å². The van der Waals surface area contributed by atoms with Crippen molar-refractivity contribution in [2.75, 3.05) is 26.7 Å². The van der Waals surface area contributed by atoms with E-state index in [0.29, 0.717) is 13.1 Å². The van der Waals surface area contributed by atoms with Crippen molar-refractivity contribution in [3.05, 3.63) is 71.8 Å². The van der Waals surface area contributed by atoms with Crippen molar-refractivity contribution in [3.63, 3.8) is 0 Å². The molecule has 0 aliphatic rings. The van der Waals surface area contributed by atoms with Gasteiger partial charge in [0, 0.05) is 38.5 Å². The van der Waals surface area contributed by atoms with E-state index in [4.69, 9.17) is 0 Å². The second-order valence-corrected chi connectivity index (χ2v) is 6.70. The van der Waals surface area contributed by atoms with E-state index in [1.165, 1.54) is 11.1 Å². The first-order valence-electron chi connectivity index (χ1n) is 9.44. The first-order chi connectivity index (χ1) is 13.1. The Bertz CT molecular complexity index is 674. The molecule has 0 aliphatic carbocycles. The second-order valence-electron chi connectivity index (χ2n) is 6.70. The topological polar surface area (TPSA) is 65.5 Å². The van der Waals surface area contributed by atoms with Crippen LogP contribution in [-0.4, -0.2) is 38.5 Å². The number of nitrogens with one attached hydrogen (secondary N) is 3. The normalized spacial score (nSPS) is 11.5. The Hall–Kier alpha value is -2.82. The molecule has 0 saturated carbocycles. The van der Waals surface area contributed by atoms with Gasteiger partial charge in [0.1, 0.15) is 0 Å². The summed E-state index contributed by atoms with van der Waals surface area (Å²) in [6.07, 6.45) is 0. The van der Waals surface area contributed by atoms with Crippen LogP contribution in [0.5, 0.6) is 0 Å². The highest BCUT2D eigenvalue weighted by Crippen LogP contribution is 2.23. The molecule has 3 N–H and O–H groups in total. The fourth-order valence-corrected chi connectivity index (χ4v) is 2.79. The molecule has 2 rings (SSSR count). The highest BCUT2D eigenvalue weighted by atomic mass is 16.1. The molecule has 2 aromatic rings. The van der Waals surface area contributed by atoms with Crippen molar-refractivity contribution in [2.45, 2.75) is 19.8 Å². The maximum atomic E-state index is 11.6. The molecule has 0 aliphatic heterocycles. The highest BCUT2D eigenvalue weighted by Gasteiger charge is 2.14. The third kappa shape index (κ3) is 6.77. The smallest absolute Gasteiger partial charge is 0.222 e. The van der Waals surface area contributed by atoms with Crippen LogP contribution < -0.4 is 16.0 Å². The summed E-state index contributed by atoms with van der Waals surface area (Å²) in [5, 5.41) is 9.54. The number of hydrogen-bond acceptors (Lipinski definition) is 2. The van der Waals surface area contributed by atoms with Gasteiger partial charge in [-0.25, -0.2) is 0 Å². The number of nitrogens with zero attached hydrogens (tertiary/aromatic N) is 1. The number of carbonyl (C=O) groups excluding carboxylic acids is 1. The van der Waals surface area contributed by atoms with Crippen LogP contribution in [0.2, 0.25) is 0 Å². The molecule has 2 aromatic carbocycles. The van der Waals surface area contributed by atoms with Crippen molar-refractivity contribution in [1.82, 2.24) is 16.0 Å². The Labute approximate surface area is 162 Å². The summed E-state index contributed by atoms with van der Waals surface area (Å²) in [4.78, 5) is 15.9. The molecule has 5 nitrogen and oxygen atoms in total. The minimum Gasteiger partial charge on any atom is -0.355 e. The number of carbonyl (C=O) groups is 1.